The number of carbonyl (C=O) groups excluding carboxylic acids is 1. The number of hydrazone groups is 1. The van der Waals surface area contributed by atoms with E-state index in [1.165, 1.54) is 12.1 Å². The molecule has 35 heavy (non-hydrogen) atoms. The molecule has 4 aromatic rings. The van der Waals surface area contributed by atoms with Gasteiger partial charge >= 0.3 is 0 Å². The number of nitrogens with one attached hydrogen (secondary N) is 1. The number of hydrogen-bond acceptors (Lipinski definition) is 5. The lowest BCUT2D eigenvalue weighted by atomic mass is 10.0. The van der Waals surface area contributed by atoms with Gasteiger partial charge in [-0.05, 0) is 83.6 Å². The van der Waals surface area contributed by atoms with E-state index < -0.39 is 4.92 Å². The highest BCUT2D eigenvalue weighted by molar-refractivity contribution is 9.11. The van der Waals surface area contributed by atoms with E-state index in [-0.39, 0.29) is 24.6 Å². The topological polar surface area (TPSA) is 93.8 Å². The van der Waals surface area contributed by atoms with E-state index >= 15 is 0 Å². The van der Waals surface area contributed by atoms with Crippen LogP contribution in [0.2, 0.25) is 0 Å². The van der Waals surface area contributed by atoms with E-state index in [1.807, 2.05) is 54.6 Å². The van der Waals surface area contributed by atoms with E-state index in [9.17, 15) is 14.9 Å². The molecule has 4 aromatic carbocycles. The van der Waals surface area contributed by atoms with Crippen LogP contribution in [0.15, 0.2) is 92.9 Å². The first-order valence-corrected chi connectivity index (χ1v) is 12.1. The molecule has 0 aliphatic carbocycles. The molecule has 7 nitrogen and oxygen atoms in total. The average Bonchev–Trinajstić information content (AvgIpc) is 2.84. The summed E-state index contributed by atoms with van der Waals surface area (Å²) in [5, 5.41) is 17.0. The Balaban J connectivity index is 1.36. The number of nitro benzene ring substituents is 1. The van der Waals surface area contributed by atoms with Crippen molar-refractivity contribution in [3.8, 4) is 5.75 Å². The van der Waals surface area contributed by atoms with Crippen LogP contribution >= 0.6 is 31.9 Å². The molecule has 0 aliphatic heterocycles. The highest BCUT2D eigenvalue weighted by atomic mass is 79.9. The average molecular weight is 597 g/mol. The molecule has 0 atom stereocenters. The van der Waals surface area contributed by atoms with Crippen molar-refractivity contribution in [2.75, 3.05) is 0 Å². The molecular weight excluding hydrogens is 578 g/mol. The third kappa shape index (κ3) is 6.32. The second kappa shape index (κ2) is 11.2. The number of carbonyl (C=O) groups is 1. The van der Waals surface area contributed by atoms with Crippen molar-refractivity contribution in [3.05, 3.63) is 115 Å². The Morgan fingerprint density at radius 1 is 1.00 bits per heavy atom. The summed E-state index contributed by atoms with van der Waals surface area (Å²) in [6, 6.07) is 23.7. The quantitative estimate of drug-likeness (QED) is 0.142. The van der Waals surface area contributed by atoms with E-state index in [2.05, 4.69) is 42.4 Å². The highest BCUT2D eigenvalue weighted by Crippen LogP contribution is 2.35. The Kier molecular flexibility index (Phi) is 7.89. The number of hydrogen-bond donors (Lipinski definition) is 1. The molecule has 0 radical (unpaired) electrons. The highest BCUT2D eigenvalue weighted by Gasteiger charge is 2.11. The molecule has 4 rings (SSSR count). The SMILES string of the molecule is O=C(Cc1cccc2ccccc12)N/N=C\c1cc(Br)c(OCc2ccc([N+](=O)[O-])cc2)c(Br)c1. The van der Waals surface area contributed by atoms with Gasteiger partial charge in [0.15, 0.2) is 0 Å². The van der Waals surface area contributed by atoms with Crippen molar-refractivity contribution in [2.45, 2.75) is 13.0 Å². The molecule has 0 spiro atoms. The van der Waals surface area contributed by atoms with Crippen LogP contribution in [0.25, 0.3) is 10.8 Å². The van der Waals surface area contributed by atoms with Crippen molar-refractivity contribution >= 4 is 60.4 Å². The van der Waals surface area contributed by atoms with Gasteiger partial charge in [-0.1, -0.05) is 42.5 Å². The number of non-ortho nitro benzene ring substituents is 1. The van der Waals surface area contributed by atoms with Crippen molar-refractivity contribution in [1.82, 2.24) is 5.43 Å². The van der Waals surface area contributed by atoms with Crippen molar-refractivity contribution < 1.29 is 14.5 Å². The van der Waals surface area contributed by atoms with Gasteiger partial charge in [0.2, 0.25) is 5.91 Å². The number of nitro groups is 1. The summed E-state index contributed by atoms with van der Waals surface area (Å²) < 4.78 is 7.26. The maximum Gasteiger partial charge on any atom is 0.269 e. The third-order valence-electron chi connectivity index (χ3n) is 5.18. The largest absolute Gasteiger partial charge is 0.487 e. The Labute approximate surface area is 218 Å². The van der Waals surface area contributed by atoms with E-state index in [1.54, 1.807) is 18.3 Å². The number of fused-ring (bicyclic) bond motifs is 1. The van der Waals surface area contributed by atoms with Crippen LogP contribution in [-0.2, 0) is 17.8 Å². The van der Waals surface area contributed by atoms with Crippen LogP contribution in [0.4, 0.5) is 5.69 Å². The van der Waals surface area contributed by atoms with Crippen LogP contribution in [-0.4, -0.2) is 17.0 Å². The maximum atomic E-state index is 12.4. The summed E-state index contributed by atoms with van der Waals surface area (Å²) >= 11 is 6.99. The van der Waals surface area contributed by atoms with Crippen LogP contribution in [0.1, 0.15) is 16.7 Å². The first-order chi connectivity index (χ1) is 16.9. The summed E-state index contributed by atoms with van der Waals surface area (Å²) in [6.07, 6.45) is 1.78. The molecule has 0 aliphatic rings. The fraction of sp³-hybridized carbons (Fsp3) is 0.0769. The smallest absolute Gasteiger partial charge is 0.269 e. The number of benzene rings is 4. The van der Waals surface area contributed by atoms with Crippen molar-refractivity contribution in [2.24, 2.45) is 5.10 Å². The van der Waals surface area contributed by atoms with Crippen LogP contribution in [0.3, 0.4) is 0 Å². The molecule has 0 heterocycles. The first-order valence-electron chi connectivity index (χ1n) is 10.5. The molecule has 0 saturated carbocycles. The van der Waals surface area contributed by atoms with Gasteiger partial charge in [-0.25, -0.2) is 5.43 Å². The normalized spacial score (nSPS) is 11.0. The predicted molar refractivity (Wildman–Crippen MR) is 143 cm³/mol. The predicted octanol–water partition coefficient (Wildman–Crippen LogP) is 6.54. The lowest BCUT2D eigenvalue weighted by Crippen LogP contribution is -2.19. The monoisotopic (exact) mass is 595 g/mol. The number of ether oxygens (including phenoxy) is 1. The Morgan fingerprint density at radius 3 is 2.40 bits per heavy atom. The van der Waals surface area contributed by atoms with Crippen molar-refractivity contribution in [1.29, 1.82) is 0 Å². The molecule has 1 N–H and O–H groups in total. The molecule has 1 amide bonds. The minimum Gasteiger partial charge on any atom is -0.487 e. The standard InChI is InChI=1S/C26H19Br2N3O4/c27-23-12-18(13-24(28)26(23)35-16-17-8-10-21(11-9-17)31(33)34)15-29-30-25(32)14-20-6-3-5-19-4-1-2-7-22(19)20/h1-13,15H,14,16H2,(H,30,32)/b29-15-. The Hall–Kier alpha value is -3.56. The summed E-state index contributed by atoms with van der Waals surface area (Å²) in [5.41, 5.74) is 5.10. The molecule has 176 valence electrons. The zero-order valence-corrected chi connectivity index (χ0v) is 21.5. The Morgan fingerprint density at radius 2 is 1.69 bits per heavy atom. The second-order valence-corrected chi connectivity index (χ2v) is 9.34. The zero-order chi connectivity index (χ0) is 24.8. The minimum absolute atomic E-state index is 0.0314. The van der Waals surface area contributed by atoms with Gasteiger partial charge in [-0.2, -0.15) is 5.10 Å². The third-order valence-corrected chi connectivity index (χ3v) is 6.36. The van der Waals surface area contributed by atoms with E-state index in [0.29, 0.717) is 14.7 Å². The van der Waals surface area contributed by atoms with Gasteiger partial charge < -0.3 is 4.74 Å². The van der Waals surface area contributed by atoms with Gasteiger partial charge in [-0.3, -0.25) is 14.9 Å². The molecule has 0 aromatic heterocycles. The van der Waals surface area contributed by atoms with Gasteiger partial charge in [0, 0.05) is 12.1 Å². The summed E-state index contributed by atoms with van der Waals surface area (Å²) in [7, 11) is 0. The fourth-order valence-corrected chi connectivity index (χ4v) is 4.95. The maximum absolute atomic E-state index is 12.4. The van der Waals surface area contributed by atoms with Crippen LogP contribution in [0, 0.1) is 10.1 Å². The van der Waals surface area contributed by atoms with E-state index in [0.717, 1.165) is 27.5 Å². The number of halogens is 2. The second-order valence-electron chi connectivity index (χ2n) is 7.63. The molecule has 0 fully saturated rings. The summed E-state index contributed by atoms with van der Waals surface area (Å²) in [5.74, 6) is 0.374. The molecule has 0 bridgehead atoms. The zero-order valence-electron chi connectivity index (χ0n) is 18.3. The number of rotatable bonds is 8. The lowest BCUT2D eigenvalue weighted by molar-refractivity contribution is -0.384. The molecular formula is C26H19Br2N3O4. The van der Waals surface area contributed by atoms with Gasteiger partial charge in [0.25, 0.3) is 5.69 Å². The molecule has 0 saturated heterocycles. The van der Waals surface area contributed by atoms with Gasteiger partial charge in [0.05, 0.1) is 26.5 Å². The summed E-state index contributed by atoms with van der Waals surface area (Å²) in [4.78, 5) is 22.8. The van der Waals surface area contributed by atoms with Gasteiger partial charge in [-0.15, -0.1) is 0 Å². The molecule has 0 unspecified atom stereocenters. The number of nitrogens with zero attached hydrogens (tertiary/aromatic N) is 2. The van der Waals surface area contributed by atoms with E-state index in [4.69, 9.17) is 4.74 Å². The van der Waals surface area contributed by atoms with Gasteiger partial charge in [0.1, 0.15) is 12.4 Å². The minimum atomic E-state index is -0.440. The fourth-order valence-electron chi connectivity index (χ4n) is 3.50. The Bertz CT molecular complexity index is 1390. The summed E-state index contributed by atoms with van der Waals surface area (Å²) in [6.45, 7) is 0.243. The van der Waals surface area contributed by atoms with Crippen LogP contribution < -0.4 is 10.2 Å². The molecule has 9 heteroatoms. The number of amides is 1. The lowest BCUT2D eigenvalue weighted by Gasteiger charge is -2.11. The van der Waals surface area contributed by atoms with Crippen molar-refractivity contribution in [3.63, 3.8) is 0 Å². The van der Waals surface area contributed by atoms with Crippen LogP contribution in [0.5, 0.6) is 5.75 Å². The first kappa shape index (κ1) is 24.6.